The highest BCUT2D eigenvalue weighted by molar-refractivity contribution is 7.89. The molecule has 5 rings (SSSR count). The topological polar surface area (TPSA) is 93.3 Å². The Labute approximate surface area is 216 Å². The monoisotopic (exact) mass is 530 g/mol. The van der Waals surface area contributed by atoms with Crippen LogP contribution in [0.2, 0.25) is 5.02 Å². The Kier molecular flexibility index (Phi) is 6.69. The third kappa shape index (κ3) is 4.57. The molecule has 9 nitrogen and oxygen atoms in total. The number of piperidine rings is 1. The molecule has 0 spiro atoms. The van der Waals surface area contributed by atoms with Crippen molar-refractivity contribution in [1.82, 2.24) is 28.8 Å². The fraction of sp³-hybridized carbons (Fsp3) is 0.480. The fourth-order valence-electron chi connectivity index (χ4n) is 5.32. The van der Waals surface area contributed by atoms with E-state index in [9.17, 15) is 13.2 Å². The third-order valence-electron chi connectivity index (χ3n) is 7.22. The molecule has 0 radical (unpaired) electrons. The van der Waals surface area contributed by atoms with Gasteiger partial charge in [0.1, 0.15) is 4.90 Å². The normalized spacial score (nSPS) is 19.2. The first kappa shape index (κ1) is 25.0. The van der Waals surface area contributed by atoms with Gasteiger partial charge in [0.2, 0.25) is 15.9 Å². The van der Waals surface area contributed by atoms with Crippen LogP contribution in [0.1, 0.15) is 36.3 Å². The molecule has 0 N–H and O–H groups in total. The van der Waals surface area contributed by atoms with Gasteiger partial charge in [-0.3, -0.25) is 14.2 Å². The van der Waals surface area contributed by atoms with E-state index in [1.54, 1.807) is 25.6 Å². The Hall–Kier alpha value is -2.69. The molecular formula is C25H31ClN6O3S. The number of carbonyl (C=O) groups is 1. The number of amides is 1. The number of aromatic nitrogens is 4. The molecule has 2 aliphatic rings. The van der Waals surface area contributed by atoms with Gasteiger partial charge in [-0.05, 0) is 51.3 Å². The molecule has 11 heteroatoms. The lowest BCUT2D eigenvalue weighted by Gasteiger charge is -2.34. The van der Waals surface area contributed by atoms with Crippen molar-refractivity contribution in [2.75, 3.05) is 19.6 Å². The van der Waals surface area contributed by atoms with Crippen molar-refractivity contribution in [2.45, 2.75) is 51.1 Å². The molecule has 0 bridgehead atoms. The average Bonchev–Trinajstić information content (AvgIpc) is 3.29. The summed E-state index contributed by atoms with van der Waals surface area (Å²) in [7, 11) is -1.99. The van der Waals surface area contributed by atoms with Gasteiger partial charge >= 0.3 is 0 Å². The molecule has 1 fully saturated rings. The van der Waals surface area contributed by atoms with Gasteiger partial charge in [-0.15, -0.1) is 0 Å². The summed E-state index contributed by atoms with van der Waals surface area (Å²) in [6.45, 7) is 5.88. The Balaban J connectivity index is 1.34. The lowest BCUT2D eigenvalue weighted by molar-refractivity contribution is -0.137. The minimum atomic E-state index is -3.73. The van der Waals surface area contributed by atoms with E-state index in [0.717, 1.165) is 29.9 Å². The Bertz CT molecular complexity index is 1410. The van der Waals surface area contributed by atoms with E-state index in [1.165, 1.54) is 4.31 Å². The summed E-state index contributed by atoms with van der Waals surface area (Å²) in [5.41, 5.74) is 3.84. The molecule has 3 aromatic rings. The predicted octanol–water partition coefficient (Wildman–Crippen LogP) is 3.39. The Morgan fingerprint density at radius 3 is 2.61 bits per heavy atom. The molecule has 2 aromatic heterocycles. The Morgan fingerprint density at radius 2 is 1.89 bits per heavy atom. The maximum atomic E-state index is 13.6. The average molecular weight is 531 g/mol. The minimum absolute atomic E-state index is 0.00786. The lowest BCUT2D eigenvalue weighted by atomic mass is 9.98. The molecule has 1 amide bonds. The van der Waals surface area contributed by atoms with Crippen molar-refractivity contribution in [3.8, 4) is 11.3 Å². The van der Waals surface area contributed by atoms with E-state index in [1.807, 2.05) is 39.9 Å². The van der Waals surface area contributed by atoms with Gasteiger partial charge in [0, 0.05) is 43.8 Å². The zero-order chi connectivity index (χ0) is 25.6. The van der Waals surface area contributed by atoms with E-state index in [-0.39, 0.29) is 23.3 Å². The van der Waals surface area contributed by atoms with Gasteiger partial charge in [-0.25, -0.2) is 8.42 Å². The SMILES string of the molecule is Cc1nn(C)c(C)c1S(=O)(=O)N1CCCC(C(=O)N2CCCn3nc(-c4cccc(Cl)c4)cc3C2)C1. The summed E-state index contributed by atoms with van der Waals surface area (Å²) < 4.78 is 32.0. The summed E-state index contributed by atoms with van der Waals surface area (Å²) in [6, 6.07) is 9.60. The van der Waals surface area contributed by atoms with Crippen molar-refractivity contribution in [3.63, 3.8) is 0 Å². The van der Waals surface area contributed by atoms with Crippen LogP contribution in [0, 0.1) is 19.8 Å². The number of nitrogens with zero attached hydrogens (tertiary/aromatic N) is 6. The number of hydrogen-bond acceptors (Lipinski definition) is 5. The van der Waals surface area contributed by atoms with E-state index in [0.29, 0.717) is 48.9 Å². The summed E-state index contributed by atoms with van der Waals surface area (Å²) in [6.07, 6.45) is 2.12. The highest BCUT2D eigenvalue weighted by Crippen LogP contribution is 2.30. The van der Waals surface area contributed by atoms with Crippen molar-refractivity contribution in [2.24, 2.45) is 13.0 Å². The highest BCUT2D eigenvalue weighted by Gasteiger charge is 2.37. The second-order valence-electron chi connectivity index (χ2n) is 9.69. The zero-order valence-electron chi connectivity index (χ0n) is 20.8. The first-order valence-electron chi connectivity index (χ1n) is 12.3. The molecule has 192 valence electrons. The molecule has 36 heavy (non-hydrogen) atoms. The van der Waals surface area contributed by atoms with Crippen molar-refractivity contribution >= 4 is 27.5 Å². The van der Waals surface area contributed by atoms with Crippen LogP contribution in [-0.2, 0) is 35.0 Å². The number of fused-ring (bicyclic) bond motifs is 1. The molecule has 0 saturated carbocycles. The molecule has 1 atom stereocenters. The standard InChI is InChI=1S/C25H31ClN6O3S/c1-17-24(18(2)29(3)27-17)36(34,35)31-11-5-8-20(15-31)25(33)30-10-6-12-32-22(16-30)14-23(28-32)19-7-4-9-21(26)13-19/h4,7,9,13-14,20H,5-6,8,10-12,15-16H2,1-3H3. The van der Waals surface area contributed by atoms with Crippen LogP contribution in [0.3, 0.4) is 0 Å². The third-order valence-corrected chi connectivity index (χ3v) is 9.57. The van der Waals surface area contributed by atoms with Crippen LogP contribution >= 0.6 is 11.6 Å². The Morgan fingerprint density at radius 1 is 1.08 bits per heavy atom. The molecule has 4 heterocycles. The number of carbonyl (C=O) groups excluding carboxylic acids is 1. The van der Waals surface area contributed by atoms with Crippen molar-refractivity contribution in [3.05, 3.63) is 52.4 Å². The zero-order valence-corrected chi connectivity index (χ0v) is 22.4. The van der Waals surface area contributed by atoms with E-state index in [2.05, 4.69) is 5.10 Å². The first-order valence-corrected chi connectivity index (χ1v) is 14.1. The highest BCUT2D eigenvalue weighted by atomic mass is 35.5. The van der Waals surface area contributed by atoms with Gasteiger partial charge in [-0.2, -0.15) is 14.5 Å². The van der Waals surface area contributed by atoms with Gasteiger partial charge in [0.05, 0.1) is 35.2 Å². The number of aryl methyl sites for hydroxylation is 3. The molecule has 0 aliphatic carbocycles. The number of rotatable bonds is 4. The maximum Gasteiger partial charge on any atom is 0.246 e. The molecule has 1 saturated heterocycles. The van der Waals surface area contributed by atoms with Crippen LogP contribution in [0.25, 0.3) is 11.3 Å². The summed E-state index contributed by atoms with van der Waals surface area (Å²) in [5, 5.41) is 9.68. The van der Waals surface area contributed by atoms with Crippen molar-refractivity contribution in [1.29, 1.82) is 0 Å². The minimum Gasteiger partial charge on any atom is -0.336 e. The maximum absolute atomic E-state index is 13.6. The summed E-state index contributed by atoms with van der Waals surface area (Å²) in [5.74, 6) is -0.360. The molecule has 2 aliphatic heterocycles. The van der Waals surface area contributed by atoms with Gasteiger partial charge in [-0.1, -0.05) is 23.7 Å². The van der Waals surface area contributed by atoms with Gasteiger partial charge in [0.15, 0.2) is 0 Å². The largest absolute Gasteiger partial charge is 0.336 e. The lowest BCUT2D eigenvalue weighted by Crippen LogP contribution is -2.46. The van der Waals surface area contributed by atoms with Gasteiger partial charge < -0.3 is 4.90 Å². The second-order valence-corrected chi connectivity index (χ2v) is 12.0. The van der Waals surface area contributed by atoms with E-state index >= 15 is 0 Å². The molecular weight excluding hydrogens is 500 g/mol. The number of hydrogen-bond donors (Lipinski definition) is 0. The summed E-state index contributed by atoms with van der Waals surface area (Å²) in [4.78, 5) is 15.7. The number of sulfonamides is 1. The smallest absolute Gasteiger partial charge is 0.246 e. The van der Waals surface area contributed by atoms with E-state index in [4.69, 9.17) is 16.7 Å². The molecule has 1 aromatic carbocycles. The van der Waals surface area contributed by atoms with Crippen LogP contribution in [0.5, 0.6) is 0 Å². The van der Waals surface area contributed by atoms with Crippen LogP contribution in [-0.4, -0.2) is 62.7 Å². The predicted molar refractivity (Wildman–Crippen MR) is 137 cm³/mol. The van der Waals surface area contributed by atoms with Crippen LogP contribution in [0.15, 0.2) is 35.2 Å². The molecule has 1 unspecified atom stereocenters. The van der Waals surface area contributed by atoms with Crippen LogP contribution < -0.4 is 0 Å². The van der Waals surface area contributed by atoms with Gasteiger partial charge in [0.25, 0.3) is 0 Å². The van der Waals surface area contributed by atoms with Crippen LogP contribution in [0.4, 0.5) is 0 Å². The number of benzene rings is 1. The first-order chi connectivity index (χ1) is 17.1. The summed E-state index contributed by atoms with van der Waals surface area (Å²) >= 11 is 6.16. The van der Waals surface area contributed by atoms with E-state index < -0.39 is 10.0 Å². The quantitative estimate of drug-likeness (QED) is 0.515. The van der Waals surface area contributed by atoms with Crippen molar-refractivity contribution < 1.29 is 13.2 Å². The second kappa shape index (κ2) is 9.64. The number of halogens is 1. The fourth-order valence-corrected chi connectivity index (χ4v) is 7.43.